The van der Waals surface area contributed by atoms with Crippen LogP contribution in [0.1, 0.15) is 38.2 Å². The molecule has 0 aromatic carbocycles. The molecule has 2 N–H and O–H groups in total. The normalized spacial score (nSPS) is 26.7. The molecule has 0 amide bonds. The maximum atomic E-state index is 12.7. The number of pyridine rings is 1. The van der Waals surface area contributed by atoms with E-state index in [1.54, 1.807) is 0 Å². The minimum atomic E-state index is -4.47. The minimum Gasteiger partial charge on any atom is -0.388 e. The molecule has 2 atom stereocenters. The zero-order chi connectivity index (χ0) is 15.7. The van der Waals surface area contributed by atoms with E-state index in [0.717, 1.165) is 25.0 Å². The predicted octanol–water partition coefficient (Wildman–Crippen LogP) is 4.11. The van der Waals surface area contributed by atoms with Gasteiger partial charge in [0.25, 0.3) is 0 Å². The molecule has 21 heavy (non-hydrogen) atoms. The molecule has 0 saturated heterocycles. The van der Waals surface area contributed by atoms with E-state index in [9.17, 15) is 18.3 Å². The summed E-state index contributed by atoms with van der Waals surface area (Å²) >= 11 is 5.62. The van der Waals surface area contributed by atoms with Gasteiger partial charge in [-0.2, -0.15) is 13.2 Å². The lowest BCUT2D eigenvalue weighted by molar-refractivity contribution is -0.137. The summed E-state index contributed by atoms with van der Waals surface area (Å²) in [6.07, 6.45) is -1.23. The fourth-order valence-corrected chi connectivity index (χ4v) is 3.01. The Hall–Kier alpha value is -1.01. The smallest absolute Gasteiger partial charge is 0.388 e. The summed E-state index contributed by atoms with van der Waals surface area (Å²) in [5, 5.41) is 13.0. The highest BCUT2D eigenvalue weighted by Crippen LogP contribution is 2.34. The Labute approximate surface area is 126 Å². The monoisotopic (exact) mass is 322 g/mol. The number of nitrogens with one attached hydrogen (secondary N) is 1. The van der Waals surface area contributed by atoms with E-state index in [1.165, 1.54) is 0 Å². The number of alkyl halides is 3. The van der Waals surface area contributed by atoms with Gasteiger partial charge >= 0.3 is 6.18 Å². The molecule has 0 bridgehead atoms. The Morgan fingerprint density at radius 2 is 2.19 bits per heavy atom. The van der Waals surface area contributed by atoms with Crippen LogP contribution in [-0.4, -0.2) is 22.2 Å². The number of aromatic nitrogens is 1. The van der Waals surface area contributed by atoms with E-state index in [2.05, 4.69) is 17.2 Å². The fraction of sp³-hybridized carbons (Fsp3) is 0.643. The Morgan fingerprint density at radius 1 is 1.48 bits per heavy atom. The van der Waals surface area contributed by atoms with Crippen LogP contribution in [-0.2, 0) is 6.18 Å². The fourth-order valence-electron chi connectivity index (χ4n) is 2.80. The zero-order valence-electron chi connectivity index (χ0n) is 11.7. The standard InChI is InChI=1S/C14H18ClF3N2O/c1-9-3-2-4-13(21,7-9)8-19-12-6-10(14(16,17)18)5-11(15)20-12/h5-6,9,21H,2-4,7-8H2,1H3,(H,19,20). The summed E-state index contributed by atoms with van der Waals surface area (Å²) in [6.45, 7) is 2.23. The van der Waals surface area contributed by atoms with Crippen molar-refractivity contribution >= 4 is 17.4 Å². The zero-order valence-corrected chi connectivity index (χ0v) is 12.4. The Morgan fingerprint density at radius 3 is 2.81 bits per heavy atom. The number of rotatable bonds is 3. The van der Waals surface area contributed by atoms with Crippen molar-refractivity contribution < 1.29 is 18.3 Å². The lowest BCUT2D eigenvalue weighted by atomic mass is 9.79. The average Bonchev–Trinajstić information content (AvgIpc) is 2.34. The molecule has 0 aliphatic heterocycles. The van der Waals surface area contributed by atoms with Crippen LogP contribution < -0.4 is 5.32 Å². The van der Waals surface area contributed by atoms with Crippen LogP contribution in [0.15, 0.2) is 12.1 Å². The molecule has 1 aromatic rings. The molecule has 1 heterocycles. The van der Waals surface area contributed by atoms with E-state index in [1.807, 2.05) is 0 Å². The molecule has 1 fully saturated rings. The number of halogens is 4. The van der Waals surface area contributed by atoms with Crippen LogP contribution in [0.25, 0.3) is 0 Å². The molecule has 3 nitrogen and oxygen atoms in total. The number of hydrogen-bond donors (Lipinski definition) is 2. The second kappa shape index (κ2) is 6.01. The number of hydrogen-bond acceptors (Lipinski definition) is 3. The largest absolute Gasteiger partial charge is 0.416 e. The molecular weight excluding hydrogens is 305 g/mol. The topological polar surface area (TPSA) is 45.1 Å². The van der Waals surface area contributed by atoms with Gasteiger partial charge in [-0.05, 0) is 30.9 Å². The Kier molecular flexibility index (Phi) is 4.68. The maximum absolute atomic E-state index is 12.7. The summed E-state index contributed by atoms with van der Waals surface area (Å²) < 4.78 is 38.1. The first-order valence-electron chi connectivity index (χ1n) is 6.89. The number of anilines is 1. The van der Waals surface area contributed by atoms with Gasteiger partial charge in [0.05, 0.1) is 11.2 Å². The lowest BCUT2D eigenvalue weighted by Gasteiger charge is -2.35. The van der Waals surface area contributed by atoms with E-state index in [0.29, 0.717) is 18.8 Å². The molecular formula is C14H18ClF3N2O. The third-order valence-electron chi connectivity index (χ3n) is 3.79. The summed E-state index contributed by atoms with van der Waals surface area (Å²) in [4.78, 5) is 3.83. The van der Waals surface area contributed by atoms with Crippen LogP contribution in [0.3, 0.4) is 0 Å². The molecule has 2 rings (SSSR count). The quantitative estimate of drug-likeness (QED) is 0.823. The maximum Gasteiger partial charge on any atom is 0.416 e. The molecule has 118 valence electrons. The molecule has 0 radical (unpaired) electrons. The molecule has 0 spiro atoms. The predicted molar refractivity (Wildman–Crippen MR) is 75.3 cm³/mol. The van der Waals surface area contributed by atoms with Crippen molar-refractivity contribution in [3.8, 4) is 0 Å². The highest BCUT2D eigenvalue weighted by Gasteiger charge is 2.34. The van der Waals surface area contributed by atoms with Crippen molar-refractivity contribution in [2.24, 2.45) is 5.92 Å². The highest BCUT2D eigenvalue weighted by molar-refractivity contribution is 6.29. The second-order valence-corrected chi connectivity index (χ2v) is 6.23. The van der Waals surface area contributed by atoms with Crippen molar-refractivity contribution in [2.75, 3.05) is 11.9 Å². The summed E-state index contributed by atoms with van der Waals surface area (Å²) in [7, 11) is 0. The molecule has 1 aliphatic carbocycles. The van der Waals surface area contributed by atoms with Crippen molar-refractivity contribution in [1.29, 1.82) is 0 Å². The highest BCUT2D eigenvalue weighted by atomic mass is 35.5. The average molecular weight is 323 g/mol. The van der Waals surface area contributed by atoms with E-state index in [4.69, 9.17) is 11.6 Å². The SMILES string of the molecule is CC1CCCC(O)(CNc2cc(C(F)(F)F)cc(Cl)n2)C1. The van der Waals surface area contributed by atoms with Gasteiger partial charge in [0.1, 0.15) is 11.0 Å². The van der Waals surface area contributed by atoms with Gasteiger partial charge in [0.15, 0.2) is 0 Å². The molecule has 7 heteroatoms. The van der Waals surface area contributed by atoms with Crippen molar-refractivity contribution in [3.05, 3.63) is 22.8 Å². The number of aliphatic hydroxyl groups is 1. The first-order valence-corrected chi connectivity index (χ1v) is 7.27. The van der Waals surface area contributed by atoms with E-state index < -0.39 is 17.3 Å². The van der Waals surface area contributed by atoms with Crippen molar-refractivity contribution in [1.82, 2.24) is 4.98 Å². The molecule has 1 aromatic heterocycles. The Bertz CT molecular complexity index is 509. The van der Waals surface area contributed by atoms with Crippen LogP contribution in [0, 0.1) is 5.92 Å². The minimum absolute atomic E-state index is 0.0291. The third kappa shape index (κ3) is 4.48. The molecule has 2 unspecified atom stereocenters. The first kappa shape index (κ1) is 16.4. The van der Waals surface area contributed by atoms with Crippen molar-refractivity contribution in [2.45, 2.75) is 44.4 Å². The van der Waals surface area contributed by atoms with Gasteiger partial charge in [-0.3, -0.25) is 0 Å². The van der Waals surface area contributed by atoms with E-state index in [-0.39, 0.29) is 17.5 Å². The van der Waals surface area contributed by atoms with Gasteiger partial charge in [-0.1, -0.05) is 31.4 Å². The Balaban J connectivity index is 2.08. The lowest BCUT2D eigenvalue weighted by Crippen LogP contribution is -2.41. The van der Waals surface area contributed by atoms with Gasteiger partial charge < -0.3 is 10.4 Å². The van der Waals surface area contributed by atoms with Crippen LogP contribution >= 0.6 is 11.6 Å². The first-order chi connectivity index (χ1) is 9.68. The van der Waals surface area contributed by atoms with E-state index >= 15 is 0 Å². The van der Waals surface area contributed by atoms with Gasteiger partial charge in [0, 0.05) is 6.54 Å². The molecule has 1 saturated carbocycles. The number of nitrogens with zero attached hydrogens (tertiary/aromatic N) is 1. The summed E-state index contributed by atoms with van der Waals surface area (Å²) in [6, 6.07) is 1.69. The third-order valence-corrected chi connectivity index (χ3v) is 3.98. The van der Waals surface area contributed by atoms with Gasteiger partial charge in [-0.25, -0.2) is 4.98 Å². The van der Waals surface area contributed by atoms with Crippen LogP contribution in [0.2, 0.25) is 5.15 Å². The summed E-state index contributed by atoms with van der Waals surface area (Å²) in [5.74, 6) is 0.435. The van der Waals surface area contributed by atoms with Gasteiger partial charge in [0.2, 0.25) is 0 Å². The second-order valence-electron chi connectivity index (χ2n) is 5.84. The van der Waals surface area contributed by atoms with Gasteiger partial charge in [-0.15, -0.1) is 0 Å². The van der Waals surface area contributed by atoms with Crippen LogP contribution in [0.5, 0.6) is 0 Å². The molecule has 1 aliphatic rings. The summed E-state index contributed by atoms with van der Waals surface area (Å²) in [5.41, 5.74) is -1.76. The van der Waals surface area contributed by atoms with Crippen LogP contribution in [0.4, 0.5) is 19.0 Å². The van der Waals surface area contributed by atoms with Crippen molar-refractivity contribution in [3.63, 3.8) is 0 Å².